The van der Waals surface area contributed by atoms with Crippen molar-refractivity contribution in [1.29, 1.82) is 0 Å². The number of nitrogens with one attached hydrogen (secondary N) is 1. The average Bonchev–Trinajstić information content (AvgIpc) is 3.12. The zero-order valence-electron chi connectivity index (χ0n) is 14.7. The number of hydrogen-bond donors (Lipinski definition) is 1. The first kappa shape index (κ1) is 21.2. The molecule has 3 aromatic rings. The molecule has 0 fully saturated rings. The highest BCUT2D eigenvalue weighted by Crippen LogP contribution is 2.34. The Kier molecular flexibility index (Phi) is 7.07. The topological polar surface area (TPSA) is 45.2 Å². The largest absolute Gasteiger partial charge is 0.328 e. The SMILES string of the molecule is CCCN(C(=O)Nc1ccc(Cl)c(Cl)c1)c1nc(-c2ccc(Cl)cc2Cl)cs1. The third-order valence-corrected chi connectivity index (χ3v) is 5.94. The summed E-state index contributed by atoms with van der Waals surface area (Å²) in [7, 11) is 0. The summed E-state index contributed by atoms with van der Waals surface area (Å²) in [6.45, 7) is 2.50. The molecule has 0 spiro atoms. The van der Waals surface area contributed by atoms with Crippen molar-refractivity contribution < 1.29 is 4.79 Å². The van der Waals surface area contributed by atoms with E-state index in [0.717, 1.165) is 12.0 Å². The monoisotopic (exact) mass is 473 g/mol. The van der Waals surface area contributed by atoms with Crippen LogP contribution in [0.1, 0.15) is 13.3 Å². The van der Waals surface area contributed by atoms with Crippen LogP contribution in [0.5, 0.6) is 0 Å². The molecule has 2 amide bonds. The number of anilines is 2. The number of aromatic nitrogens is 1. The molecule has 3 rings (SSSR count). The van der Waals surface area contributed by atoms with E-state index in [1.54, 1.807) is 35.2 Å². The van der Waals surface area contributed by atoms with Crippen molar-refractivity contribution in [1.82, 2.24) is 4.98 Å². The van der Waals surface area contributed by atoms with E-state index in [4.69, 9.17) is 46.4 Å². The molecule has 0 unspecified atom stereocenters. The van der Waals surface area contributed by atoms with Gasteiger partial charge in [-0.05, 0) is 42.8 Å². The average molecular weight is 475 g/mol. The van der Waals surface area contributed by atoms with E-state index < -0.39 is 0 Å². The predicted octanol–water partition coefficient (Wildman–Crippen LogP) is 7.87. The number of rotatable bonds is 5. The summed E-state index contributed by atoms with van der Waals surface area (Å²) >= 11 is 25.5. The number of carbonyl (C=O) groups is 1. The van der Waals surface area contributed by atoms with Gasteiger partial charge >= 0.3 is 6.03 Å². The van der Waals surface area contributed by atoms with Gasteiger partial charge in [0.15, 0.2) is 5.13 Å². The molecule has 4 nitrogen and oxygen atoms in total. The second kappa shape index (κ2) is 9.33. The summed E-state index contributed by atoms with van der Waals surface area (Å²) in [6, 6.07) is 9.85. The third-order valence-electron chi connectivity index (χ3n) is 3.79. The Morgan fingerprint density at radius 1 is 1.07 bits per heavy atom. The lowest BCUT2D eigenvalue weighted by Crippen LogP contribution is -2.35. The van der Waals surface area contributed by atoms with Gasteiger partial charge in [-0.15, -0.1) is 11.3 Å². The lowest BCUT2D eigenvalue weighted by molar-refractivity contribution is 0.257. The van der Waals surface area contributed by atoms with Crippen molar-refractivity contribution in [2.75, 3.05) is 16.8 Å². The van der Waals surface area contributed by atoms with Crippen LogP contribution in [0.2, 0.25) is 20.1 Å². The van der Waals surface area contributed by atoms with Gasteiger partial charge in [-0.25, -0.2) is 9.78 Å². The minimum Gasteiger partial charge on any atom is -0.307 e. The van der Waals surface area contributed by atoms with Crippen LogP contribution in [0.3, 0.4) is 0 Å². The minimum atomic E-state index is -0.302. The van der Waals surface area contributed by atoms with Gasteiger partial charge in [0, 0.05) is 28.2 Å². The van der Waals surface area contributed by atoms with Crippen LogP contribution in [0, 0.1) is 0 Å². The molecule has 0 radical (unpaired) electrons. The van der Waals surface area contributed by atoms with Crippen molar-refractivity contribution in [3.05, 3.63) is 61.9 Å². The highest BCUT2D eigenvalue weighted by Gasteiger charge is 2.20. The van der Waals surface area contributed by atoms with Crippen molar-refractivity contribution >= 4 is 74.6 Å². The van der Waals surface area contributed by atoms with E-state index in [2.05, 4.69) is 10.3 Å². The Hall–Kier alpha value is -1.50. The van der Waals surface area contributed by atoms with Gasteiger partial charge < -0.3 is 5.32 Å². The molecule has 1 N–H and O–H groups in total. The van der Waals surface area contributed by atoms with E-state index in [9.17, 15) is 4.79 Å². The van der Waals surface area contributed by atoms with Crippen LogP contribution in [0.15, 0.2) is 41.8 Å². The summed E-state index contributed by atoms with van der Waals surface area (Å²) in [5.74, 6) is 0. The Morgan fingerprint density at radius 2 is 1.86 bits per heavy atom. The molecule has 0 aliphatic carbocycles. The predicted molar refractivity (Wildman–Crippen MR) is 121 cm³/mol. The fraction of sp³-hybridized carbons (Fsp3) is 0.158. The van der Waals surface area contributed by atoms with Crippen LogP contribution in [-0.4, -0.2) is 17.6 Å². The fourth-order valence-electron chi connectivity index (χ4n) is 2.48. The molecule has 1 heterocycles. The number of carbonyl (C=O) groups excluding carboxylic acids is 1. The number of nitrogens with zero attached hydrogens (tertiary/aromatic N) is 2. The maximum atomic E-state index is 12.8. The number of amides is 2. The van der Waals surface area contributed by atoms with Crippen molar-refractivity contribution in [3.63, 3.8) is 0 Å². The standard InChI is InChI=1S/C19H15Cl4N3OS/c1-2-7-26(18(27)24-12-4-6-14(21)16(23)9-12)19-25-17(10-28-19)13-5-3-11(20)8-15(13)22/h3-6,8-10H,2,7H2,1H3,(H,24,27). The van der Waals surface area contributed by atoms with Gasteiger partial charge in [-0.2, -0.15) is 0 Å². The lowest BCUT2D eigenvalue weighted by atomic mass is 10.2. The summed E-state index contributed by atoms with van der Waals surface area (Å²) in [4.78, 5) is 19.0. The number of urea groups is 1. The Bertz CT molecular complexity index is 1010. The van der Waals surface area contributed by atoms with Gasteiger partial charge in [-0.1, -0.05) is 53.3 Å². The van der Waals surface area contributed by atoms with E-state index in [0.29, 0.717) is 43.1 Å². The molecular formula is C19H15Cl4N3OS. The van der Waals surface area contributed by atoms with E-state index in [1.807, 2.05) is 18.4 Å². The minimum absolute atomic E-state index is 0.302. The Morgan fingerprint density at radius 3 is 2.54 bits per heavy atom. The highest BCUT2D eigenvalue weighted by molar-refractivity contribution is 7.14. The Balaban J connectivity index is 1.84. The Labute approximate surface area is 187 Å². The van der Waals surface area contributed by atoms with Gasteiger partial charge in [0.2, 0.25) is 0 Å². The zero-order valence-corrected chi connectivity index (χ0v) is 18.5. The molecule has 0 atom stereocenters. The lowest BCUT2D eigenvalue weighted by Gasteiger charge is -2.20. The molecule has 9 heteroatoms. The second-order valence-electron chi connectivity index (χ2n) is 5.85. The summed E-state index contributed by atoms with van der Waals surface area (Å²) in [5.41, 5.74) is 2.00. The van der Waals surface area contributed by atoms with Crippen molar-refractivity contribution in [2.45, 2.75) is 13.3 Å². The van der Waals surface area contributed by atoms with Gasteiger partial charge in [0.05, 0.1) is 20.8 Å². The van der Waals surface area contributed by atoms with E-state index >= 15 is 0 Å². The quantitative estimate of drug-likeness (QED) is 0.408. The normalized spacial score (nSPS) is 10.8. The first-order valence-corrected chi connectivity index (χ1v) is 10.7. The first-order chi connectivity index (χ1) is 13.4. The molecule has 0 aliphatic rings. The van der Waals surface area contributed by atoms with Crippen molar-refractivity contribution in [2.24, 2.45) is 0 Å². The van der Waals surface area contributed by atoms with Crippen LogP contribution in [0.25, 0.3) is 11.3 Å². The number of hydrogen-bond acceptors (Lipinski definition) is 3. The van der Waals surface area contributed by atoms with Gasteiger partial charge in [0.25, 0.3) is 0 Å². The van der Waals surface area contributed by atoms with Crippen molar-refractivity contribution in [3.8, 4) is 11.3 Å². The molecule has 1 aromatic heterocycles. The molecule has 146 valence electrons. The zero-order chi connectivity index (χ0) is 20.3. The molecule has 0 saturated heterocycles. The molecule has 0 saturated carbocycles. The first-order valence-electron chi connectivity index (χ1n) is 8.33. The summed E-state index contributed by atoms with van der Waals surface area (Å²) in [5, 5.41) is 7.11. The van der Waals surface area contributed by atoms with E-state index in [-0.39, 0.29) is 6.03 Å². The number of thiazole rings is 1. The second-order valence-corrected chi connectivity index (χ2v) is 8.34. The maximum Gasteiger partial charge on any atom is 0.328 e. The molecule has 0 bridgehead atoms. The van der Waals surface area contributed by atoms with Crippen LogP contribution in [0.4, 0.5) is 15.6 Å². The summed E-state index contributed by atoms with van der Waals surface area (Å²) in [6.07, 6.45) is 0.769. The number of benzene rings is 2. The molecular weight excluding hydrogens is 460 g/mol. The maximum absolute atomic E-state index is 12.8. The smallest absolute Gasteiger partial charge is 0.307 e. The third kappa shape index (κ3) is 4.91. The van der Waals surface area contributed by atoms with Gasteiger partial charge in [-0.3, -0.25) is 4.90 Å². The fourth-order valence-corrected chi connectivity index (χ4v) is 4.13. The van der Waals surface area contributed by atoms with E-state index in [1.165, 1.54) is 11.3 Å². The molecule has 28 heavy (non-hydrogen) atoms. The van der Waals surface area contributed by atoms with Crippen LogP contribution < -0.4 is 10.2 Å². The van der Waals surface area contributed by atoms with Crippen LogP contribution >= 0.6 is 57.7 Å². The number of halogens is 4. The van der Waals surface area contributed by atoms with Gasteiger partial charge in [0.1, 0.15) is 0 Å². The molecule has 2 aromatic carbocycles. The molecule has 0 aliphatic heterocycles. The van der Waals surface area contributed by atoms with Crippen LogP contribution in [-0.2, 0) is 0 Å². The summed E-state index contributed by atoms with van der Waals surface area (Å²) < 4.78 is 0. The highest BCUT2D eigenvalue weighted by atomic mass is 35.5.